The fraction of sp³-hybridized carbons (Fsp3) is 0.125. The van der Waals surface area contributed by atoms with Gasteiger partial charge in [-0.2, -0.15) is 0 Å². The number of rotatable bonds is 1. The molecule has 132 valence electrons. The number of nitrogens with zero attached hydrogens (tertiary/aromatic N) is 2. The van der Waals surface area contributed by atoms with Crippen molar-refractivity contribution in [2.24, 2.45) is 0 Å². The van der Waals surface area contributed by atoms with Crippen LogP contribution in [0.2, 0.25) is 0 Å². The maximum Gasteiger partial charge on any atom is 0.145 e. The zero-order valence-electron chi connectivity index (χ0n) is 15.5. The van der Waals surface area contributed by atoms with Crippen LogP contribution in [0.3, 0.4) is 0 Å². The first-order valence-corrected chi connectivity index (χ1v) is 9.10. The van der Waals surface area contributed by atoms with E-state index in [-0.39, 0.29) is 5.82 Å². The van der Waals surface area contributed by atoms with E-state index < -0.39 is 0 Å². The van der Waals surface area contributed by atoms with Gasteiger partial charge in [0.1, 0.15) is 11.5 Å². The van der Waals surface area contributed by atoms with Crippen molar-refractivity contribution in [2.45, 2.75) is 20.8 Å². The molecule has 0 unspecified atom stereocenters. The molecule has 0 bridgehead atoms. The van der Waals surface area contributed by atoms with Crippen LogP contribution in [0, 0.1) is 26.6 Å². The van der Waals surface area contributed by atoms with Crippen LogP contribution >= 0.6 is 0 Å². The lowest BCUT2D eigenvalue weighted by molar-refractivity contribution is 0.629. The van der Waals surface area contributed by atoms with Gasteiger partial charge >= 0.3 is 0 Å². The summed E-state index contributed by atoms with van der Waals surface area (Å²) in [7, 11) is 0. The normalized spacial score (nSPS) is 11.7. The Labute approximate surface area is 156 Å². The quantitative estimate of drug-likeness (QED) is 0.320. The molecule has 2 aromatic heterocycles. The molecule has 2 heterocycles. The Morgan fingerprint density at radius 1 is 0.815 bits per heavy atom. The summed E-state index contributed by atoms with van der Waals surface area (Å²) in [5.74, 6) is -0.240. The number of aryl methyl sites for hydroxylation is 3. The molecule has 3 aromatic carbocycles. The van der Waals surface area contributed by atoms with Crippen LogP contribution in [0.4, 0.5) is 4.39 Å². The summed E-state index contributed by atoms with van der Waals surface area (Å²) < 4.78 is 16.3. The molecule has 3 heteroatoms. The van der Waals surface area contributed by atoms with Crippen molar-refractivity contribution in [3.8, 4) is 11.3 Å². The van der Waals surface area contributed by atoms with Gasteiger partial charge in [-0.15, -0.1) is 0 Å². The number of aromatic nitrogens is 2. The smallest absolute Gasteiger partial charge is 0.145 e. The van der Waals surface area contributed by atoms with Gasteiger partial charge in [-0.25, -0.2) is 9.37 Å². The highest BCUT2D eigenvalue weighted by Gasteiger charge is 2.17. The van der Waals surface area contributed by atoms with Gasteiger partial charge in [-0.05, 0) is 55.5 Å². The van der Waals surface area contributed by atoms with E-state index in [9.17, 15) is 4.39 Å². The molecule has 27 heavy (non-hydrogen) atoms. The molecule has 5 aromatic rings. The number of hydrogen-bond acceptors (Lipinski definition) is 1. The lowest BCUT2D eigenvalue weighted by Gasteiger charge is -2.14. The Morgan fingerprint density at radius 3 is 2.26 bits per heavy atom. The zero-order chi connectivity index (χ0) is 18.7. The van der Waals surface area contributed by atoms with Crippen molar-refractivity contribution in [2.75, 3.05) is 0 Å². The third-order valence-electron chi connectivity index (χ3n) is 5.35. The van der Waals surface area contributed by atoms with Gasteiger partial charge in [0.25, 0.3) is 0 Å². The van der Waals surface area contributed by atoms with Crippen LogP contribution in [-0.4, -0.2) is 9.38 Å². The van der Waals surface area contributed by atoms with E-state index in [0.29, 0.717) is 0 Å². The molecule has 0 amide bonds. The van der Waals surface area contributed by atoms with Crippen LogP contribution < -0.4 is 0 Å². The Balaban J connectivity index is 2.03. The number of fused-ring (bicyclic) bond motifs is 6. The lowest BCUT2D eigenvalue weighted by atomic mass is 9.97. The molecule has 0 aliphatic carbocycles. The minimum atomic E-state index is -0.240. The Hall–Kier alpha value is -3.20. The molecular formula is C24H19FN2. The summed E-state index contributed by atoms with van der Waals surface area (Å²) in [6, 6.07) is 17.6. The second-order valence-electron chi connectivity index (χ2n) is 7.28. The summed E-state index contributed by atoms with van der Waals surface area (Å²) in [4.78, 5) is 4.75. The Bertz CT molecular complexity index is 1340. The topological polar surface area (TPSA) is 17.3 Å². The van der Waals surface area contributed by atoms with Gasteiger partial charge < -0.3 is 0 Å². The lowest BCUT2D eigenvalue weighted by Crippen LogP contribution is -1.97. The molecule has 0 fully saturated rings. The fourth-order valence-electron chi connectivity index (χ4n) is 4.38. The molecule has 0 aliphatic rings. The van der Waals surface area contributed by atoms with Gasteiger partial charge in [0.15, 0.2) is 0 Å². The second kappa shape index (κ2) is 5.65. The zero-order valence-corrected chi connectivity index (χ0v) is 15.5. The highest BCUT2D eigenvalue weighted by Crippen LogP contribution is 2.35. The van der Waals surface area contributed by atoms with Crippen molar-refractivity contribution in [1.82, 2.24) is 9.38 Å². The third-order valence-corrected chi connectivity index (χ3v) is 5.35. The molecule has 2 nitrogen and oxygen atoms in total. The maximum absolute atomic E-state index is 14.2. The molecule has 0 N–H and O–H groups in total. The first-order chi connectivity index (χ1) is 13.0. The SMILES string of the molecule is Cc1cc(C)c(-c2cnc3c4ccccc4c4ccc(F)cc4n23)c(C)c1. The van der Waals surface area contributed by atoms with E-state index >= 15 is 0 Å². The van der Waals surface area contributed by atoms with Crippen molar-refractivity contribution in [3.05, 3.63) is 83.3 Å². The highest BCUT2D eigenvalue weighted by molar-refractivity contribution is 6.12. The first kappa shape index (κ1) is 16.0. The van der Waals surface area contributed by atoms with Crippen molar-refractivity contribution in [1.29, 1.82) is 0 Å². The van der Waals surface area contributed by atoms with Crippen molar-refractivity contribution in [3.63, 3.8) is 0 Å². The van der Waals surface area contributed by atoms with Gasteiger partial charge in [-0.3, -0.25) is 4.40 Å². The monoisotopic (exact) mass is 354 g/mol. The molecule has 0 saturated carbocycles. The van der Waals surface area contributed by atoms with E-state index in [2.05, 4.69) is 49.4 Å². The van der Waals surface area contributed by atoms with Gasteiger partial charge in [0.2, 0.25) is 0 Å². The number of benzene rings is 3. The molecule has 0 radical (unpaired) electrons. The number of hydrogen-bond donors (Lipinski definition) is 0. The minimum Gasteiger partial charge on any atom is -0.292 e. The van der Waals surface area contributed by atoms with E-state index in [1.165, 1.54) is 22.8 Å². The van der Waals surface area contributed by atoms with E-state index in [1.54, 1.807) is 6.07 Å². The summed E-state index contributed by atoms with van der Waals surface area (Å²) in [6.07, 6.45) is 1.91. The van der Waals surface area contributed by atoms with E-state index in [1.807, 2.05) is 24.4 Å². The Kier molecular flexibility index (Phi) is 3.35. The van der Waals surface area contributed by atoms with Crippen LogP contribution in [0.5, 0.6) is 0 Å². The standard InChI is InChI=1S/C24H19FN2/c1-14-10-15(2)23(16(3)11-14)22-13-26-24-20-7-5-4-6-18(20)19-9-8-17(25)12-21(19)27(22)24/h4-13H,1-3H3. The average molecular weight is 354 g/mol. The van der Waals surface area contributed by atoms with E-state index in [0.717, 1.165) is 38.6 Å². The average Bonchev–Trinajstić information content (AvgIpc) is 3.06. The largest absolute Gasteiger partial charge is 0.292 e. The van der Waals surface area contributed by atoms with Gasteiger partial charge in [0, 0.05) is 16.3 Å². The molecule has 0 saturated heterocycles. The predicted octanol–water partition coefficient (Wildman–Crippen LogP) is 6.37. The molecule has 0 atom stereocenters. The number of halogens is 1. The van der Waals surface area contributed by atoms with Crippen LogP contribution in [-0.2, 0) is 0 Å². The summed E-state index contributed by atoms with van der Waals surface area (Å²) in [5, 5.41) is 3.20. The van der Waals surface area contributed by atoms with Gasteiger partial charge in [-0.1, -0.05) is 42.0 Å². The molecular weight excluding hydrogens is 335 g/mol. The minimum absolute atomic E-state index is 0.240. The molecule has 0 spiro atoms. The van der Waals surface area contributed by atoms with E-state index in [4.69, 9.17) is 4.98 Å². The summed E-state index contributed by atoms with van der Waals surface area (Å²) in [5.41, 5.74) is 7.51. The molecule has 0 aliphatic heterocycles. The first-order valence-electron chi connectivity index (χ1n) is 9.10. The maximum atomic E-state index is 14.2. The summed E-state index contributed by atoms with van der Waals surface area (Å²) in [6.45, 7) is 6.35. The fourth-order valence-corrected chi connectivity index (χ4v) is 4.38. The van der Waals surface area contributed by atoms with Crippen LogP contribution in [0.15, 0.2) is 60.8 Å². The number of pyridine rings is 1. The highest BCUT2D eigenvalue weighted by atomic mass is 19.1. The third kappa shape index (κ3) is 2.28. The summed E-state index contributed by atoms with van der Waals surface area (Å²) >= 11 is 0. The van der Waals surface area contributed by atoms with Crippen LogP contribution in [0.25, 0.3) is 38.6 Å². The second-order valence-corrected chi connectivity index (χ2v) is 7.28. The van der Waals surface area contributed by atoms with Gasteiger partial charge in [0.05, 0.1) is 17.4 Å². The van der Waals surface area contributed by atoms with Crippen LogP contribution in [0.1, 0.15) is 16.7 Å². The van der Waals surface area contributed by atoms with Crippen molar-refractivity contribution < 1.29 is 4.39 Å². The van der Waals surface area contributed by atoms with Crippen molar-refractivity contribution >= 4 is 27.3 Å². The molecule has 5 rings (SSSR count). The predicted molar refractivity (Wildman–Crippen MR) is 110 cm³/mol. The Morgan fingerprint density at radius 2 is 1.52 bits per heavy atom. The number of imidazole rings is 1.